The summed E-state index contributed by atoms with van der Waals surface area (Å²) < 4.78 is 18.2. The molecular weight excluding hydrogens is 311 g/mol. The van der Waals surface area contributed by atoms with Gasteiger partial charge >= 0.3 is 0 Å². The Balaban J connectivity index is 1.61. The van der Waals surface area contributed by atoms with Gasteiger partial charge in [-0.1, -0.05) is 18.2 Å². The summed E-state index contributed by atoms with van der Waals surface area (Å²) in [6, 6.07) is 11.3. The second-order valence-corrected chi connectivity index (χ2v) is 5.62. The van der Waals surface area contributed by atoms with Crippen LogP contribution >= 0.6 is 0 Å². The molecule has 0 aromatic heterocycles. The zero-order valence-corrected chi connectivity index (χ0v) is 13.2. The molecule has 124 valence electrons. The number of benzene rings is 2. The second-order valence-electron chi connectivity index (χ2n) is 5.62. The SMILES string of the molecule is CN1C(=O)COc2ccc(CNC(=O)Cc3ccc(F)cc3)cc21. The molecule has 1 heterocycles. The van der Waals surface area contributed by atoms with Crippen LogP contribution < -0.4 is 15.0 Å². The number of ether oxygens (including phenoxy) is 1. The van der Waals surface area contributed by atoms with Crippen molar-refractivity contribution >= 4 is 17.5 Å². The largest absolute Gasteiger partial charge is 0.482 e. The van der Waals surface area contributed by atoms with E-state index in [1.807, 2.05) is 12.1 Å². The Morgan fingerprint density at radius 3 is 2.67 bits per heavy atom. The van der Waals surface area contributed by atoms with Crippen molar-refractivity contribution in [1.82, 2.24) is 5.32 Å². The highest BCUT2D eigenvalue weighted by molar-refractivity contribution is 5.97. The van der Waals surface area contributed by atoms with Crippen molar-refractivity contribution < 1.29 is 18.7 Å². The summed E-state index contributed by atoms with van der Waals surface area (Å²) in [6.07, 6.45) is 0.187. The molecule has 0 saturated carbocycles. The highest BCUT2D eigenvalue weighted by Gasteiger charge is 2.22. The third kappa shape index (κ3) is 3.53. The maximum atomic E-state index is 12.9. The van der Waals surface area contributed by atoms with Crippen molar-refractivity contribution in [2.75, 3.05) is 18.6 Å². The minimum atomic E-state index is -0.325. The zero-order chi connectivity index (χ0) is 17.1. The average Bonchev–Trinajstić information content (AvgIpc) is 2.59. The summed E-state index contributed by atoms with van der Waals surface area (Å²) in [6.45, 7) is 0.382. The molecule has 5 nitrogen and oxygen atoms in total. The molecule has 0 bridgehead atoms. The number of anilines is 1. The fourth-order valence-corrected chi connectivity index (χ4v) is 2.48. The quantitative estimate of drug-likeness (QED) is 0.934. The lowest BCUT2D eigenvalue weighted by Crippen LogP contribution is -2.35. The highest BCUT2D eigenvalue weighted by atomic mass is 19.1. The summed E-state index contributed by atoms with van der Waals surface area (Å²) in [5.41, 5.74) is 2.31. The lowest BCUT2D eigenvalue weighted by Gasteiger charge is -2.26. The second kappa shape index (κ2) is 6.70. The van der Waals surface area contributed by atoms with Gasteiger partial charge in [0.25, 0.3) is 5.91 Å². The van der Waals surface area contributed by atoms with Gasteiger partial charge in [-0.3, -0.25) is 9.59 Å². The van der Waals surface area contributed by atoms with Crippen LogP contribution in [0.2, 0.25) is 0 Å². The van der Waals surface area contributed by atoms with E-state index in [4.69, 9.17) is 4.74 Å². The minimum Gasteiger partial charge on any atom is -0.482 e. The lowest BCUT2D eigenvalue weighted by molar-refractivity contribution is -0.121. The number of hydrogen-bond donors (Lipinski definition) is 1. The number of halogens is 1. The third-order valence-electron chi connectivity index (χ3n) is 3.88. The van der Waals surface area contributed by atoms with Gasteiger partial charge in [0.2, 0.25) is 5.91 Å². The molecule has 0 fully saturated rings. The van der Waals surface area contributed by atoms with Gasteiger partial charge in [-0.2, -0.15) is 0 Å². The van der Waals surface area contributed by atoms with Gasteiger partial charge in [0.05, 0.1) is 12.1 Å². The van der Waals surface area contributed by atoms with E-state index in [9.17, 15) is 14.0 Å². The fourth-order valence-electron chi connectivity index (χ4n) is 2.48. The van der Waals surface area contributed by atoms with E-state index < -0.39 is 0 Å². The summed E-state index contributed by atoms with van der Waals surface area (Å²) in [5.74, 6) is 0.0626. The van der Waals surface area contributed by atoms with Crippen LogP contribution in [0.1, 0.15) is 11.1 Å². The Labute approximate surface area is 139 Å². The molecule has 2 aromatic carbocycles. The molecule has 2 amide bonds. The number of hydrogen-bond acceptors (Lipinski definition) is 3. The fraction of sp³-hybridized carbons (Fsp3) is 0.222. The van der Waals surface area contributed by atoms with E-state index >= 15 is 0 Å². The Morgan fingerprint density at radius 1 is 1.21 bits per heavy atom. The zero-order valence-electron chi connectivity index (χ0n) is 13.2. The molecule has 0 atom stereocenters. The summed E-state index contributed by atoms with van der Waals surface area (Å²) in [4.78, 5) is 25.2. The van der Waals surface area contributed by atoms with Crippen LogP contribution in [0.5, 0.6) is 5.75 Å². The Hall–Kier alpha value is -2.89. The molecule has 0 spiro atoms. The number of likely N-dealkylation sites (N-methyl/N-ethyl adjacent to an activating group) is 1. The smallest absolute Gasteiger partial charge is 0.264 e. The van der Waals surface area contributed by atoms with Crippen molar-refractivity contribution in [3.05, 3.63) is 59.4 Å². The number of carbonyl (C=O) groups is 2. The van der Waals surface area contributed by atoms with E-state index in [2.05, 4.69) is 5.32 Å². The van der Waals surface area contributed by atoms with Crippen molar-refractivity contribution in [3.8, 4) is 5.75 Å². The molecular formula is C18H17FN2O3. The number of nitrogens with zero attached hydrogens (tertiary/aromatic N) is 1. The van der Waals surface area contributed by atoms with Crippen LogP contribution in [0.15, 0.2) is 42.5 Å². The standard InChI is InChI=1S/C18H17FN2O3/c1-21-15-8-13(4-7-16(15)24-11-18(21)23)10-20-17(22)9-12-2-5-14(19)6-3-12/h2-8H,9-11H2,1H3,(H,20,22). The van der Waals surface area contributed by atoms with Gasteiger partial charge in [-0.05, 0) is 35.4 Å². The molecule has 1 aliphatic heterocycles. The molecule has 3 rings (SSSR count). The molecule has 6 heteroatoms. The van der Waals surface area contributed by atoms with Crippen molar-refractivity contribution in [2.45, 2.75) is 13.0 Å². The van der Waals surface area contributed by atoms with Crippen LogP contribution in [0.25, 0.3) is 0 Å². The van der Waals surface area contributed by atoms with Crippen LogP contribution in [-0.2, 0) is 22.6 Å². The van der Waals surface area contributed by atoms with Crippen LogP contribution in [0.4, 0.5) is 10.1 Å². The number of carbonyl (C=O) groups excluding carboxylic acids is 2. The van der Waals surface area contributed by atoms with Crippen LogP contribution in [0, 0.1) is 5.82 Å². The molecule has 24 heavy (non-hydrogen) atoms. The molecule has 1 aliphatic rings. The molecule has 0 unspecified atom stereocenters. The van der Waals surface area contributed by atoms with Gasteiger partial charge in [0, 0.05) is 13.6 Å². The first kappa shape index (κ1) is 16.0. The summed E-state index contributed by atoms with van der Waals surface area (Å²) in [7, 11) is 1.70. The van der Waals surface area contributed by atoms with Gasteiger partial charge in [0.1, 0.15) is 11.6 Å². The summed E-state index contributed by atoms with van der Waals surface area (Å²) >= 11 is 0. The first-order valence-electron chi connectivity index (χ1n) is 7.56. The normalized spacial score (nSPS) is 13.2. The van der Waals surface area contributed by atoms with E-state index in [0.717, 1.165) is 11.1 Å². The van der Waals surface area contributed by atoms with Gasteiger partial charge in [-0.25, -0.2) is 4.39 Å². The Kier molecular flexibility index (Phi) is 4.46. The van der Waals surface area contributed by atoms with Crippen molar-refractivity contribution in [2.24, 2.45) is 0 Å². The molecule has 2 aromatic rings. The predicted octanol–water partition coefficient (Wildman–Crippen LogP) is 2.04. The molecule has 1 N–H and O–H groups in total. The Bertz CT molecular complexity index is 774. The maximum absolute atomic E-state index is 12.9. The lowest BCUT2D eigenvalue weighted by atomic mass is 10.1. The predicted molar refractivity (Wildman–Crippen MR) is 87.3 cm³/mol. The van der Waals surface area contributed by atoms with Crippen LogP contribution in [-0.4, -0.2) is 25.5 Å². The molecule has 0 saturated heterocycles. The average molecular weight is 328 g/mol. The van der Waals surface area contributed by atoms with Gasteiger partial charge in [-0.15, -0.1) is 0 Å². The van der Waals surface area contributed by atoms with E-state index in [1.165, 1.54) is 12.1 Å². The van der Waals surface area contributed by atoms with Crippen molar-refractivity contribution in [3.63, 3.8) is 0 Å². The monoisotopic (exact) mass is 328 g/mol. The summed E-state index contributed by atoms with van der Waals surface area (Å²) in [5, 5.41) is 2.82. The minimum absolute atomic E-state index is 0.0389. The number of amides is 2. The number of nitrogens with one attached hydrogen (secondary N) is 1. The van der Waals surface area contributed by atoms with Crippen LogP contribution in [0.3, 0.4) is 0 Å². The van der Waals surface area contributed by atoms with Gasteiger partial charge < -0.3 is 15.0 Å². The van der Waals surface area contributed by atoms with Crippen molar-refractivity contribution in [1.29, 1.82) is 0 Å². The topological polar surface area (TPSA) is 58.6 Å². The first-order valence-corrected chi connectivity index (χ1v) is 7.56. The highest BCUT2D eigenvalue weighted by Crippen LogP contribution is 2.31. The first-order chi connectivity index (χ1) is 11.5. The molecule has 0 radical (unpaired) electrons. The van der Waals surface area contributed by atoms with E-state index in [1.54, 1.807) is 30.1 Å². The maximum Gasteiger partial charge on any atom is 0.264 e. The number of fused-ring (bicyclic) bond motifs is 1. The third-order valence-corrected chi connectivity index (χ3v) is 3.88. The van der Waals surface area contributed by atoms with Gasteiger partial charge in [0.15, 0.2) is 6.61 Å². The Morgan fingerprint density at radius 2 is 1.92 bits per heavy atom. The van der Waals surface area contributed by atoms with E-state index in [-0.39, 0.29) is 30.7 Å². The molecule has 0 aliphatic carbocycles. The number of rotatable bonds is 4. The van der Waals surface area contributed by atoms with E-state index in [0.29, 0.717) is 18.0 Å².